The third-order valence-electron chi connectivity index (χ3n) is 3.66. The smallest absolute Gasteiger partial charge is 0.0558 e. The predicted octanol–water partition coefficient (Wildman–Crippen LogP) is 2.16. The number of rotatable bonds is 4. The van der Waals surface area contributed by atoms with Gasteiger partial charge in [-0.1, -0.05) is 20.8 Å². The topological polar surface area (TPSA) is 26.7 Å². The maximum atomic E-state index is 8.94. The maximum absolute atomic E-state index is 8.94. The van der Waals surface area contributed by atoms with Crippen LogP contribution in [0, 0.1) is 0 Å². The first-order valence-corrected chi connectivity index (χ1v) is 7.95. The van der Waals surface area contributed by atoms with E-state index < -0.39 is 0 Å². The minimum Gasteiger partial charge on any atom is -0.395 e. The summed E-state index contributed by atoms with van der Waals surface area (Å²) >= 11 is 1.95. The summed E-state index contributed by atoms with van der Waals surface area (Å²) in [6, 6.07) is 4.56. The molecule has 4 heteroatoms. The lowest BCUT2D eigenvalue weighted by molar-refractivity contribution is 0.109. The summed E-state index contributed by atoms with van der Waals surface area (Å²) in [6.07, 6.45) is 0. The SMILES string of the molecule is CC(C)(C)c1ccc(CN2CCN(CCO)CC2)s1. The molecule has 0 radical (unpaired) electrons. The summed E-state index contributed by atoms with van der Waals surface area (Å²) in [5.74, 6) is 0. The Morgan fingerprint density at radius 2 is 1.74 bits per heavy atom. The van der Waals surface area contributed by atoms with E-state index in [0.717, 1.165) is 39.3 Å². The Labute approximate surface area is 120 Å². The van der Waals surface area contributed by atoms with E-state index in [1.54, 1.807) is 0 Å². The lowest BCUT2D eigenvalue weighted by Gasteiger charge is -2.34. The number of hydrogen-bond acceptors (Lipinski definition) is 4. The second kappa shape index (κ2) is 6.35. The van der Waals surface area contributed by atoms with Gasteiger partial charge < -0.3 is 5.11 Å². The minimum atomic E-state index is 0.267. The monoisotopic (exact) mass is 282 g/mol. The third-order valence-corrected chi connectivity index (χ3v) is 5.16. The minimum absolute atomic E-state index is 0.267. The molecule has 0 aliphatic carbocycles. The first-order chi connectivity index (χ1) is 8.99. The van der Waals surface area contributed by atoms with Gasteiger partial charge in [-0.3, -0.25) is 9.80 Å². The largest absolute Gasteiger partial charge is 0.395 e. The van der Waals surface area contributed by atoms with Crippen LogP contribution in [0.25, 0.3) is 0 Å². The van der Waals surface area contributed by atoms with Gasteiger partial charge >= 0.3 is 0 Å². The van der Waals surface area contributed by atoms with E-state index in [1.807, 2.05) is 11.3 Å². The summed E-state index contributed by atoms with van der Waals surface area (Å²) < 4.78 is 0. The Kier molecular flexibility index (Phi) is 5.01. The highest BCUT2D eigenvalue weighted by Crippen LogP contribution is 2.30. The zero-order chi connectivity index (χ0) is 13.9. The van der Waals surface area contributed by atoms with E-state index in [1.165, 1.54) is 9.75 Å². The van der Waals surface area contributed by atoms with Gasteiger partial charge in [0.2, 0.25) is 0 Å². The van der Waals surface area contributed by atoms with Crippen LogP contribution in [-0.2, 0) is 12.0 Å². The van der Waals surface area contributed by atoms with Crippen molar-refractivity contribution in [3.63, 3.8) is 0 Å². The molecule has 2 heterocycles. The molecule has 1 aliphatic heterocycles. The summed E-state index contributed by atoms with van der Waals surface area (Å²) in [7, 11) is 0. The van der Waals surface area contributed by atoms with E-state index >= 15 is 0 Å². The molecule has 1 saturated heterocycles. The number of aliphatic hydroxyl groups excluding tert-OH is 1. The van der Waals surface area contributed by atoms with Crippen molar-refractivity contribution in [2.45, 2.75) is 32.7 Å². The quantitative estimate of drug-likeness (QED) is 0.917. The number of hydrogen-bond donors (Lipinski definition) is 1. The van der Waals surface area contributed by atoms with Crippen LogP contribution >= 0.6 is 11.3 Å². The molecule has 0 atom stereocenters. The molecule has 108 valence electrons. The van der Waals surface area contributed by atoms with Gasteiger partial charge in [0.1, 0.15) is 0 Å². The second-order valence-electron chi connectivity index (χ2n) is 6.36. The van der Waals surface area contributed by atoms with Crippen molar-refractivity contribution in [1.82, 2.24) is 9.80 Å². The maximum Gasteiger partial charge on any atom is 0.0558 e. The summed E-state index contributed by atoms with van der Waals surface area (Å²) in [4.78, 5) is 7.81. The van der Waals surface area contributed by atoms with Crippen molar-refractivity contribution in [2.24, 2.45) is 0 Å². The molecule has 19 heavy (non-hydrogen) atoms. The Hall–Kier alpha value is -0.420. The first kappa shape index (κ1) is 15.0. The first-order valence-electron chi connectivity index (χ1n) is 7.14. The van der Waals surface area contributed by atoms with Gasteiger partial charge in [-0.05, 0) is 17.5 Å². The van der Waals surface area contributed by atoms with Gasteiger partial charge in [-0.2, -0.15) is 0 Å². The zero-order valence-electron chi connectivity index (χ0n) is 12.4. The van der Waals surface area contributed by atoms with Gasteiger partial charge in [0.05, 0.1) is 6.61 Å². The van der Waals surface area contributed by atoms with Gasteiger partial charge in [-0.25, -0.2) is 0 Å². The molecule has 1 aliphatic rings. The molecular formula is C15H26N2OS. The Bertz CT molecular complexity index is 389. The molecule has 0 aromatic carbocycles. The molecule has 1 fully saturated rings. The predicted molar refractivity (Wildman–Crippen MR) is 81.8 cm³/mol. The van der Waals surface area contributed by atoms with E-state index in [4.69, 9.17) is 5.11 Å². The van der Waals surface area contributed by atoms with E-state index in [-0.39, 0.29) is 12.0 Å². The molecule has 3 nitrogen and oxygen atoms in total. The van der Waals surface area contributed by atoms with Crippen LogP contribution in [0.1, 0.15) is 30.5 Å². The average Bonchev–Trinajstić information content (AvgIpc) is 2.80. The van der Waals surface area contributed by atoms with Crippen molar-refractivity contribution in [3.05, 3.63) is 21.9 Å². The molecule has 1 aromatic heterocycles. The van der Waals surface area contributed by atoms with Crippen LogP contribution in [0.15, 0.2) is 12.1 Å². The van der Waals surface area contributed by atoms with Gasteiger partial charge in [-0.15, -0.1) is 11.3 Å². The number of aliphatic hydroxyl groups is 1. The fourth-order valence-electron chi connectivity index (χ4n) is 2.40. The molecule has 0 unspecified atom stereocenters. The van der Waals surface area contributed by atoms with E-state index in [9.17, 15) is 0 Å². The standard InChI is InChI=1S/C15H26N2OS/c1-15(2,3)14-5-4-13(19-14)12-17-8-6-16(7-9-17)10-11-18/h4-5,18H,6-12H2,1-3H3. The normalized spacial score (nSPS) is 18.9. The molecule has 1 N–H and O–H groups in total. The number of thiophene rings is 1. The molecule has 1 aromatic rings. The summed E-state index contributed by atoms with van der Waals surface area (Å²) in [5, 5.41) is 8.94. The van der Waals surface area contributed by atoms with Crippen molar-refractivity contribution >= 4 is 11.3 Å². The number of β-amino-alcohol motifs (C(OH)–C–C–N with tert-alkyl or cyclic N) is 1. The lowest BCUT2D eigenvalue weighted by atomic mass is 9.95. The van der Waals surface area contributed by atoms with Gasteiger partial charge in [0.25, 0.3) is 0 Å². The molecule has 0 amide bonds. The number of nitrogens with zero attached hydrogens (tertiary/aromatic N) is 2. The highest BCUT2D eigenvalue weighted by molar-refractivity contribution is 7.12. The van der Waals surface area contributed by atoms with Crippen LogP contribution < -0.4 is 0 Å². The van der Waals surface area contributed by atoms with Gasteiger partial charge in [0.15, 0.2) is 0 Å². The van der Waals surface area contributed by atoms with Crippen LogP contribution in [-0.4, -0.2) is 54.2 Å². The van der Waals surface area contributed by atoms with Crippen molar-refractivity contribution in [2.75, 3.05) is 39.3 Å². The summed E-state index contributed by atoms with van der Waals surface area (Å²) in [5.41, 5.74) is 0.267. The van der Waals surface area contributed by atoms with E-state index in [0.29, 0.717) is 0 Å². The molecule has 2 rings (SSSR count). The molecule has 0 spiro atoms. The van der Waals surface area contributed by atoms with Crippen LogP contribution in [0.4, 0.5) is 0 Å². The molecule has 0 bridgehead atoms. The fourth-order valence-corrected chi connectivity index (χ4v) is 3.51. The fraction of sp³-hybridized carbons (Fsp3) is 0.733. The molecular weight excluding hydrogens is 256 g/mol. The average molecular weight is 282 g/mol. The van der Waals surface area contributed by atoms with Crippen LogP contribution in [0.2, 0.25) is 0 Å². The van der Waals surface area contributed by atoms with Crippen LogP contribution in [0.5, 0.6) is 0 Å². The van der Waals surface area contributed by atoms with E-state index in [2.05, 4.69) is 42.7 Å². The van der Waals surface area contributed by atoms with Gasteiger partial charge in [0, 0.05) is 49.0 Å². The Morgan fingerprint density at radius 1 is 1.11 bits per heavy atom. The number of piperazine rings is 1. The second-order valence-corrected chi connectivity index (χ2v) is 7.53. The highest BCUT2D eigenvalue weighted by atomic mass is 32.1. The van der Waals surface area contributed by atoms with Crippen molar-refractivity contribution in [3.8, 4) is 0 Å². The molecule has 0 saturated carbocycles. The van der Waals surface area contributed by atoms with Crippen LogP contribution in [0.3, 0.4) is 0 Å². The Balaban J connectivity index is 1.84. The zero-order valence-corrected chi connectivity index (χ0v) is 13.2. The summed E-state index contributed by atoms with van der Waals surface area (Å²) in [6.45, 7) is 13.4. The van der Waals surface area contributed by atoms with Crippen molar-refractivity contribution < 1.29 is 5.11 Å². The lowest BCUT2D eigenvalue weighted by Crippen LogP contribution is -2.46. The Morgan fingerprint density at radius 3 is 2.26 bits per heavy atom. The third kappa shape index (κ3) is 4.28. The van der Waals surface area contributed by atoms with Crippen molar-refractivity contribution in [1.29, 1.82) is 0 Å². The highest BCUT2D eigenvalue weighted by Gasteiger charge is 2.19.